The monoisotopic (exact) mass is 356 g/mol. The third kappa shape index (κ3) is 3.03. The first-order valence-electron chi connectivity index (χ1n) is 9.48. The van der Waals surface area contributed by atoms with Crippen molar-refractivity contribution in [3.8, 4) is 5.69 Å². The normalized spacial score (nSPS) is 17.5. The van der Waals surface area contributed by atoms with Crippen molar-refractivity contribution < 1.29 is 9.18 Å². The van der Waals surface area contributed by atoms with Crippen LogP contribution in [0.25, 0.3) is 5.69 Å². The first-order valence-corrected chi connectivity index (χ1v) is 9.48. The smallest absolute Gasteiger partial charge is 0.274 e. The Labute approximate surface area is 153 Å². The zero-order valence-electron chi connectivity index (χ0n) is 15.2. The molecule has 2 heterocycles. The third-order valence-corrected chi connectivity index (χ3v) is 5.61. The summed E-state index contributed by atoms with van der Waals surface area (Å²) in [5.74, 6) is 0.323. The van der Waals surface area contributed by atoms with Gasteiger partial charge in [-0.2, -0.15) is 5.10 Å². The van der Waals surface area contributed by atoms with Crippen LogP contribution in [0.1, 0.15) is 41.0 Å². The quantitative estimate of drug-likeness (QED) is 0.916. The van der Waals surface area contributed by atoms with Gasteiger partial charge in [0.1, 0.15) is 11.5 Å². The number of para-hydroxylation sites is 1. The number of nitrogens with zero attached hydrogens (tertiary/aromatic N) is 3. The molecule has 1 N–H and O–H groups in total. The number of rotatable bonds is 4. The Morgan fingerprint density at radius 2 is 2.04 bits per heavy atom. The summed E-state index contributed by atoms with van der Waals surface area (Å²) in [7, 11) is 1.97. The van der Waals surface area contributed by atoms with Crippen LogP contribution in [0.4, 0.5) is 4.39 Å². The lowest BCUT2D eigenvalue weighted by atomic mass is 9.96. The van der Waals surface area contributed by atoms with Crippen molar-refractivity contribution in [3.63, 3.8) is 0 Å². The number of halogens is 1. The maximum absolute atomic E-state index is 14.3. The molecule has 6 heteroatoms. The summed E-state index contributed by atoms with van der Waals surface area (Å²) in [6.45, 7) is 2.54. The van der Waals surface area contributed by atoms with Gasteiger partial charge in [-0.25, -0.2) is 9.07 Å². The van der Waals surface area contributed by atoms with Crippen LogP contribution in [0.3, 0.4) is 0 Å². The lowest BCUT2D eigenvalue weighted by Gasteiger charge is -2.31. The fourth-order valence-corrected chi connectivity index (χ4v) is 4.21. The van der Waals surface area contributed by atoms with Gasteiger partial charge >= 0.3 is 0 Å². The van der Waals surface area contributed by atoms with E-state index in [4.69, 9.17) is 0 Å². The molecule has 0 spiro atoms. The molecule has 1 aromatic heterocycles. The average molecular weight is 356 g/mol. The average Bonchev–Trinajstić information content (AvgIpc) is 3.25. The van der Waals surface area contributed by atoms with Crippen molar-refractivity contribution in [2.75, 3.05) is 26.7 Å². The number of benzene rings is 1. The van der Waals surface area contributed by atoms with Gasteiger partial charge < -0.3 is 10.2 Å². The second kappa shape index (κ2) is 7.19. The maximum atomic E-state index is 14.3. The number of amides is 1. The van der Waals surface area contributed by atoms with Gasteiger partial charge in [0, 0.05) is 24.3 Å². The van der Waals surface area contributed by atoms with E-state index in [1.54, 1.807) is 22.9 Å². The molecule has 1 amide bonds. The molecule has 26 heavy (non-hydrogen) atoms. The van der Waals surface area contributed by atoms with Crippen LogP contribution in [0.5, 0.6) is 0 Å². The molecule has 1 fully saturated rings. The third-order valence-electron chi connectivity index (χ3n) is 5.61. The van der Waals surface area contributed by atoms with Gasteiger partial charge in [-0.1, -0.05) is 12.1 Å². The van der Waals surface area contributed by atoms with Gasteiger partial charge in [-0.15, -0.1) is 0 Å². The second-order valence-corrected chi connectivity index (χ2v) is 7.28. The summed E-state index contributed by atoms with van der Waals surface area (Å²) in [5, 5.41) is 7.79. The first-order chi connectivity index (χ1) is 12.7. The summed E-state index contributed by atoms with van der Waals surface area (Å²) < 4.78 is 15.9. The van der Waals surface area contributed by atoms with Crippen LogP contribution < -0.4 is 5.32 Å². The van der Waals surface area contributed by atoms with Crippen LogP contribution in [0.2, 0.25) is 0 Å². The molecule has 0 unspecified atom stereocenters. The van der Waals surface area contributed by atoms with Crippen molar-refractivity contribution in [3.05, 3.63) is 47.0 Å². The Hall–Kier alpha value is -2.21. The van der Waals surface area contributed by atoms with E-state index >= 15 is 0 Å². The number of aromatic nitrogens is 2. The maximum Gasteiger partial charge on any atom is 0.274 e. The minimum Gasteiger partial charge on any atom is -0.337 e. The Kier molecular flexibility index (Phi) is 4.76. The Morgan fingerprint density at radius 3 is 2.77 bits per heavy atom. The number of hydrogen-bond acceptors (Lipinski definition) is 3. The molecule has 2 aromatic rings. The minimum absolute atomic E-state index is 0.00106. The summed E-state index contributed by atoms with van der Waals surface area (Å²) in [6, 6.07) is 6.63. The van der Waals surface area contributed by atoms with Crippen molar-refractivity contribution >= 4 is 5.91 Å². The van der Waals surface area contributed by atoms with Crippen molar-refractivity contribution in [2.24, 2.45) is 5.92 Å². The van der Waals surface area contributed by atoms with Crippen molar-refractivity contribution in [2.45, 2.75) is 32.1 Å². The molecule has 1 aliphatic carbocycles. The Morgan fingerprint density at radius 1 is 1.27 bits per heavy atom. The number of carbonyl (C=O) groups excluding carboxylic acids is 1. The van der Waals surface area contributed by atoms with Crippen LogP contribution in [0, 0.1) is 11.7 Å². The van der Waals surface area contributed by atoms with Gasteiger partial charge in [0.25, 0.3) is 5.91 Å². The van der Waals surface area contributed by atoms with Crippen molar-refractivity contribution in [1.29, 1.82) is 0 Å². The van der Waals surface area contributed by atoms with E-state index in [2.05, 4.69) is 10.4 Å². The van der Waals surface area contributed by atoms with E-state index < -0.39 is 0 Å². The molecule has 0 atom stereocenters. The van der Waals surface area contributed by atoms with Gasteiger partial charge in [0.05, 0.1) is 0 Å². The van der Waals surface area contributed by atoms with Gasteiger partial charge in [-0.05, 0) is 63.7 Å². The second-order valence-electron chi connectivity index (χ2n) is 7.28. The number of fused-ring (bicyclic) bond motifs is 1. The molecule has 1 saturated heterocycles. The van der Waals surface area contributed by atoms with E-state index in [9.17, 15) is 9.18 Å². The van der Waals surface area contributed by atoms with Crippen LogP contribution in [0.15, 0.2) is 24.3 Å². The van der Waals surface area contributed by atoms with E-state index in [-0.39, 0.29) is 11.7 Å². The summed E-state index contributed by atoms with van der Waals surface area (Å²) in [5.41, 5.74) is 2.95. The summed E-state index contributed by atoms with van der Waals surface area (Å²) >= 11 is 0. The fourth-order valence-electron chi connectivity index (χ4n) is 4.21. The molecular formula is C20H25FN4O. The number of piperidine rings is 1. The number of hydrogen-bond donors (Lipinski definition) is 1. The standard InChI is InChI=1S/C20H25FN4O/c1-22-13-14-9-11-24(12-10-14)20(26)19-15-5-4-8-17(15)25(23-19)18-7-3-2-6-16(18)21/h2-3,6-7,14,22H,4-5,8-13H2,1H3. The summed E-state index contributed by atoms with van der Waals surface area (Å²) in [4.78, 5) is 15.0. The fraction of sp³-hybridized carbons (Fsp3) is 0.500. The number of likely N-dealkylation sites (tertiary alicyclic amines) is 1. The highest BCUT2D eigenvalue weighted by molar-refractivity contribution is 5.94. The zero-order chi connectivity index (χ0) is 18.1. The molecule has 138 valence electrons. The highest BCUT2D eigenvalue weighted by Crippen LogP contribution is 2.30. The lowest BCUT2D eigenvalue weighted by molar-refractivity contribution is 0.0683. The first kappa shape index (κ1) is 17.2. The zero-order valence-corrected chi connectivity index (χ0v) is 15.2. The lowest BCUT2D eigenvalue weighted by Crippen LogP contribution is -2.40. The molecule has 1 aromatic carbocycles. The highest BCUT2D eigenvalue weighted by atomic mass is 19.1. The largest absolute Gasteiger partial charge is 0.337 e. The van der Waals surface area contributed by atoms with Gasteiger partial charge in [-0.3, -0.25) is 4.79 Å². The SMILES string of the molecule is CNCC1CCN(C(=O)c2nn(-c3ccccc3F)c3c2CCC3)CC1. The molecule has 0 radical (unpaired) electrons. The van der Waals surface area contributed by atoms with Gasteiger partial charge in [0.15, 0.2) is 5.69 Å². The van der Waals surface area contributed by atoms with Crippen molar-refractivity contribution in [1.82, 2.24) is 20.0 Å². The van der Waals surface area contributed by atoms with E-state index in [0.29, 0.717) is 17.3 Å². The topological polar surface area (TPSA) is 50.2 Å². The molecule has 5 nitrogen and oxygen atoms in total. The van der Waals surface area contributed by atoms with Crippen LogP contribution in [-0.2, 0) is 12.8 Å². The van der Waals surface area contributed by atoms with E-state index in [0.717, 1.165) is 63.0 Å². The van der Waals surface area contributed by atoms with Gasteiger partial charge in [0.2, 0.25) is 0 Å². The molecular weight excluding hydrogens is 331 g/mol. The minimum atomic E-state index is -0.309. The van der Waals surface area contributed by atoms with Crippen LogP contribution in [-0.4, -0.2) is 47.3 Å². The van der Waals surface area contributed by atoms with Crippen LogP contribution >= 0.6 is 0 Å². The number of nitrogens with one attached hydrogen (secondary N) is 1. The molecule has 1 aliphatic heterocycles. The predicted molar refractivity (Wildman–Crippen MR) is 98.1 cm³/mol. The molecule has 0 bridgehead atoms. The molecule has 2 aliphatic rings. The van der Waals surface area contributed by atoms with E-state index in [1.165, 1.54) is 6.07 Å². The highest BCUT2D eigenvalue weighted by Gasteiger charge is 2.31. The predicted octanol–water partition coefficient (Wildman–Crippen LogP) is 2.57. The van der Waals surface area contributed by atoms with E-state index in [1.807, 2.05) is 11.9 Å². The Balaban J connectivity index is 1.61. The number of carbonyl (C=O) groups is 1. The molecule has 0 saturated carbocycles. The Bertz CT molecular complexity index is 808. The molecule has 4 rings (SSSR count). The summed E-state index contributed by atoms with van der Waals surface area (Å²) in [6.07, 6.45) is 4.72.